The second-order valence-corrected chi connectivity index (χ2v) is 5.77. The summed E-state index contributed by atoms with van der Waals surface area (Å²) < 4.78 is 5.47. The van der Waals surface area contributed by atoms with Gasteiger partial charge in [-0.05, 0) is 25.2 Å². The van der Waals surface area contributed by atoms with Gasteiger partial charge in [0.1, 0.15) is 0 Å². The van der Waals surface area contributed by atoms with E-state index in [9.17, 15) is 5.11 Å². The number of ether oxygens (including phenoxy) is 1. The van der Waals surface area contributed by atoms with Crippen LogP contribution < -0.4 is 0 Å². The lowest BCUT2D eigenvalue weighted by atomic mass is 9.97. The van der Waals surface area contributed by atoms with Crippen LogP contribution in [0.3, 0.4) is 0 Å². The standard InChI is InChI=1S/C13H25NO2/c1-10(2)7-14(12-3-4-12)8-11-9-16-6-5-13(11)15/h10-13,15H,3-9H2,1-2H3. The van der Waals surface area contributed by atoms with Crippen LogP contribution in [-0.2, 0) is 4.74 Å². The highest BCUT2D eigenvalue weighted by Gasteiger charge is 2.33. The zero-order valence-electron chi connectivity index (χ0n) is 10.6. The lowest BCUT2D eigenvalue weighted by Crippen LogP contribution is -2.43. The number of hydrogen-bond donors (Lipinski definition) is 1. The van der Waals surface area contributed by atoms with Crippen molar-refractivity contribution in [2.75, 3.05) is 26.3 Å². The Labute approximate surface area is 98.8 Å². The van der Waals surface area contributed by atoms with Crippen LogP contribution in [0.25, 0.3) is 0 Å². The Kier molecular flexibility index (Phi) is 4.22. The molecule has 0 aromatic rings. The van der Waals surface area contributed by atoms with E-state index in [0.29, 0.717) is 11.8 Å². The fourth-order valence-electron chi connectivity index (χ4n) is 2.54. The van der Waals surface area contributed by atoms with Crippen LogP contribution in [-0.4, -0.2) is 48.5 Å². The molecule has 1 aliphatic carbocycles. The maximum absolute atomic E-state index is 9.95. The molecule has 2 aliphatic rings. The van der Waals surface area contributed by atoms with Crippen LogP contribution in [0.15, 0.2) is 0 Å². The van der Waals surface area contributed by atoms with Gasteiger partial charge in [0.25, 0.3) is 0 Å². The van der Waals surface area contributed by atoms with E-state index in [1.807, 2.05) is 0 Å². The summed E-state index contributed by atoms with van der Waals surface area (Å²) in [5.41, 5.74) is 0. The van der Waals surface area contributed by atoms with Gasteiger partial charge in [-0.1, -0.05) is 13.8 Å². The van der Waals surface area contributed by atoms with E-state index in [1.165, 1.54) is 12.8 Å². The van der Waals surface area contributed by atoms with E-state index in [2.05, 4.69) is 18.7 Å². The average Bonchev–Trinajstić information content (AvgIpc) is 3.03. The first kappa shape index (κ1) is 12.3. The molecule has 0 bridgehead atoms. The third-order valence-electron chi connectivity index (χ3n) is 3.57. The Morgan fingerprint density at radius 2 is 2.06 bits per heavy atom. The molecule has 2 fully saturated rings. The van der Waals surface area contributed by atoms with Crippen molar-refractivity contribution >= 4 is 0 Å². The summed E-state index contributed by atoms with van der Waals surface area (Å²) in [7, 11) is 0. The van der Waals surface area contributed by atoms with Gasteiger partial charge in [-0.15, -0.1) is 0 Å². The van der Waals surface area contributed by atoms with Crippen molar-refractivity contribution in [1.29, 1.82) is 0 Å². The highest BCUT2D eigenvalue weighted by molar-refractivity contribution is 4.87. The van der Waals surface area contributed by atoms with Crippen molar-refractivity contribution in [3.63, 3.8) is 0 Å². The Morgan fingerprint density at radius 1 is 1.31 bits per heavy atom. The molecule has 1 saturated heterocycles. The van der Waals surface area contributed by atoms with Gasteiger partial charge in [-0.2, -0.15) is 0 Å². The van der Waals surface area contributed by atoms with Crippen molar-refractivity contribution in [3.05, 3.63) is 0 Å². The fourth-order valence-corrected chi connectivity index (χ4v) is 2.54. The fraction of sp³-hybridized carbons (Fsp3) is 1.00. The van der Waals surface area contributed by atoms with E-state index in [4.69, 9.17) is 4.74 Å². The van der Waals surface area contributed by atoms with Crippen molar-refractivity contribution < 1.29 is 9.84 Å². The Bertz CT molecular complexity index is 216. The minimum Gasteiger partial charge on any atom is -0.393 e. The Balaban J connectivity index is 1.83. The molecule has 1 aliphatic heterocycles. The number of aliphatic hydroxyl groups excluding tert-OH is 1. The highest BCUT2D eigenvalue weighted by Crippen LogP contribution is 2.29. The minimum atomic E-state index is -0.151. The van der Waals surface area contributed by atoms with Crippen LogP contribution >= 0.6 is 0 Å². The summed E-state index contributed by atoms with van der Waals surface area (Å²) in [6.45, 7) is 8.18. The zero-order valence-corrected chi connectivity index (χ0v) is 10.6. The molecule has 3 nitrogen and oxygen atoms in total. The summed E-state index contributed by atoms with van der Waals surface area (Å²) in [6, 6.07) is 0.788. The zero-order chi connectivity index (χ0) is 11.5. The third-order valence-corrected chi connectivity index (χ3v) is 3.57. The maximum Gasteiger partial charge on any atom is 0.0624 e. The summed E-state index contributed by atoms with van der Waals surface area (Å²) in [4.78, 5) is 2.56. The van der Waals surface area contributed by atoms with E-state index in [1.54, 1.807) is 0 Å². The maximum atomic E-state index is 9.95. The molecule has 1 N–H and O–H groups in total. The minimum absolute atomic E-state index is 0.151. The van der Waals surface area contributed by atoms with Crippen LogP contribution in [0.5, 0.6) is 0 Å². The van der Waals surface area contributed by atoms with Gasteiger partial charge in [0.15, 0.2) is 0 Å². The molecule has 0 spiro atoms. The van der Waals surface area contributed by atoms with Crippen molar-refractivity contribution in [3.8, 4) is 0 Å². The second kappa shape index (κ2) is 5.48. The van der Waals surface area contributed by atoms with Gasteiger partial charge in [0, 0.05) is 31.7 Å². The largest absolute Gasteiger partial charge is 0.393 e. The molecular weight excluding hydrogens is 202 g/mol. The summed E-state index contributed by atoms with van der Waals surface area (Å²) in [5, 5.41) is 9.95. The summed E-state index contributed by atoms with van der Waals surface area (Å²) >= 11 is 0. The van der Waals surface area contributed by atoms with Gasteiger partial charge in [-0.25, -0.2) is 0 Å². The molecule has 0 aromatic carbocycles. The van der Waals surface area contributed by atoms with Gasteiger partial charge in [0.2, 0.25) is 0 Å². The third kappa shape index (κ3) is 3.44. The van der Waals surface area contributed by atoms with Gasteiger partial charge >= 0.3 is 0 Å². The quantitative estimate of drug-likeness (QED) is 0.772. The second-order valence-electron chi connectivity index (χ2n) is 5.77. The van der Waals surface area contributed by atoms with Crippen LogP contribution in [0.2, 0.25) is 0 Å². The Hall–Kier alpha value is -0.120. The van der Waals surface area contributed by atoms with Crippen LogP contribution in [0, 0.1) is 11.8 Å². The molecule has 1 saturated carbocycles. The van der Waals surface area contributed by atoms with Gasteiger partial charge in [-0.3, -0.25) is 4.90 Å². The summed E-state index contributed by atoms with van der Waals surface area (Å²) in [5.74, 6) is 1.04. The lowest BCUT2D eigenvalue weighted by molar-refractivity contribution is -0.0483. The van der Waals surface area contributed by atoms with Crippen molar-refractivity contribution in [1.82, 2.24) is 4.90 Å². The molecule has 0 radical (unpaired) electrons. The average molecular weight is 227 g/mol. The van der Waals surface area contributed by atoms with Crippen molar-refractivity contribution in [2.45, 2.75) is 45.3 Å². The highest BCUT2D eigenvalue weighted by atomic mass is 16.5. The molecule has 0 aromatic heterocycles. The summed E-state index contributed by atoms with van der Waals surface area (Å²) in [6.07, 6.45) is 3.35. The SMILES string of the molecule is CC(C)CN(CC1COCCC1O)C1CC1. The molecule has 1 heterocycles. The molecule has 0 amide bonds. The molecule has 3 heteroatoms. The monoisotopic (exact) mass is 227 g/mol. The predicted molar refractivity (Wildman–Crippen MR) is 64.4 cm³/mol. The van der Waals surface area contributed by atoms with Crippen molar-refractivity contribution in [2.24, 2.45) is 11.8 Å². The predicted octanol–water partition coefficient (Wildman–Crippen LogP) is 1.50. The first-order valence-corrected chi connectivity index (χ1v) is 6.66. The molecule has 2 atom stereocenters. The molecule has 16 heavy (non-hydrogen) atoms. The smallest absolute Gasteiger partial charge is 0.0624 e. The van der Waals surface area contributed by atoms with E-state index in [0.717, 1.165) is 38.8 Å². The topological polar surface area (TPSA) is 32.7 Å². The first-order valence-electron chi connectivity index (χ1n) is 6.66. The van der Waals surface area contributed by atoms with E-state index < -0.39 is 0 Å². The molecular formula is C13H25NO2. The van der Waals surface area contributed by atoms with Gasteiger partial charge in [0.05, 0.1) is 12.7 Å². The van der Waals surface area contributed by atoms with E-state index in [-0.39, 0.29) is 6.10 Å². The van der Waals surface area contributed by atoms with Crippen LogP contribution in [0.1, 0.15) is 33.1 Å². The number of nitrogens with zero attached hydrogens (tertiary/aromatic N) is 1. The number of hydrogen-bond acceptors (Lipinski definition) is 3. The first-order chi connectivity index (χ1) is 7.66. The Morgan fingerprint density at radius 3 is 2.62 bits per heavy atom. The number of aliphatic hydroxyl groups is 1. The van der Waals surface area contributed by atoms with Gasteiger partial charge < -0.3 is 9.84 Å². The molecule has 2 rings (SSSR count). The molecule has 2 unspecified atom stereocenters. The van der Waals surface area contributed by atoms with E-state index >= 15 is 0 Å². The van der Waals surface area contributed by atoms with Crippen LogP contribution in [0.4, 0.5) is 0 Å². The lowest BCUT2D eigenvalue weighted by Gasteiger charge is -2.33. The molecule has 94 valence electrons. The number of rotatable bonds is 5. The normalized spacial score (nSPS) is 31.3.